The molecule has 1 heterocycles. The monoisotopic (exact) mass is 416 g/mol. The largest absolute Gasteiger partial charge is 0.497 e. The smallest absolute Gasteiger partial charge is 0.271 e. The number of methoxy groups -OCH3 is 1. The molecule has 0 fully saturated rings. The Morgan fingerprint density at radius 3 is 2.45 bits per heavy atom. The maximum absolute atomic E-state index is 12.5. The normalized spacial score (nSPS) is 12.6. The van der Waals surface area contributed by atoms with Gasteiger partial charge in [0.05, 0.1) is 18.2 Å². The average Bonchev–Trinajstić information content (AvgIpc) is 3.23. The minimum Gasteiger partial charge on any atom is -0.497 e. The first-order valence-corrected chi connectivity index (χ1v) is 9.62. The number of hydrogen-bond acceptors (Lipinski definition) is 6. The average molecular weight is 416 g/mol. The number of nitro groups is 1. The molecule has 3 aromatic carbocycles. The molecule has 0 atom stereocenters. The molecule has 0 saturated heterocycles. The van der Waals surface area contributed by atoms with Gasteiger partial charge in [-0.1, -0.05) is 6.07 Å². The molecular weight excluding hydrogens is 396 g/mol. The summed E-state index contributed by atoms with van der Waals surface area (Å²) in [5.41, 5.74) is 7.05. The number of nitrogens with zero attached hydrogens (tertiary/aromatic N) is 3. The van der Waals surface area contributed by atoms with Crippen LogP contribution in [-0.2, 0) is 13.1 Å². The van der Waals surface area contributed by atoms with Crippen molar-refractivity contribution in [3.8, 4) is 5.75 Å². The highest BCUT2D eigenvalue weighted by molar-refractivity contribution is 5.95. The molecule has 1 aliphatic heterocycles. The fourth-order valence-electron chi connectivity index (χ4n) is 3.42. The second-order valence-corrected chi connectivity index (χ2v) is 7.09. The zero-order valence-electron chi connectivity index (χ0n) is 16.8. The van der Waals surface area contributed by atoms with Crippen molar-refractivity contribution in [3.05, 3.63) is 99.1 Å². The number of hydrazone groups is 1. The molecule has 3 aromatic rings. The summed E-state index contributed by atoms with van der Waals surface area (Å²) in [6, 6.07) is 19.4. The van der Waals surface area contributed by atoms with Crippen molar-refractivity contribution in [1.29, 1.82) is 0 Å². The summed E-state index contributed by atoms with van der Waals surface area (Å²) >= 11 is 0. The number of nitrogens with one attached hydrogen (secondary N) is 1. The van der Waals surface area contributed by atoms with Crippen molar-refractivity contribution in [2.75, 3.05) is 12.0 Å². The molecule has 0 unspecified atom stereocenters. The third-order valence-corrected chi connectivity index (χ3v) is 5.11. The van der Waals surface area contributed by atoms with E-state index < -0.39 is 4.92 Å². The number of anilines is 1. The molecule has 31 heavy (non-hydrogen) atoms. The maximum atomic E-state index is 12.5. The summed E-state index contributed by atoms with van der Waals surface area (Å²) in [6.45, 7) is 1.50. The van der Waals surface area contributed by atoms with E-state index in [4.69, 9.17) is 4.74 Å². The van der Waals surface area contributed by atoms with Crippen LogP contribution in [0.15, 0.2) is 71.8 Å². The van der Waals surface area contributed by atoms with Crippen molar-refractivity contribution in [3.63, 3.8) is 0 Å². The zero-order chi connectivity index (χ0) is 21.8. The van der Waals surface area contributed by atoms with Gasteiger partial charge in [0.25, 0.3) is 11.6 Å². The van der Waals surface area contributed by atoms with Crippen LogP contribution in [0.1, 0.15) is 27.0 Å². The van der Waals surface area contributed by atoms with Crippen LogP contribution in [0.2, 0.25) is 0 Å². The van der Waals surface area contributed by atoms with E-state index in [0.29, 0.717) is 11.1 Å². The van der Waals surface area contributed by atoms with Gasteiger partial charge in [-0.3, -0.25) is 14.9 Å². The van der Waals surface area contributed by atoms with Crippen molar-refractivity contribution in [1.82, 2.24) is 5.43 Å². The van der Waals surface area contributed by atoms with Crippen LogP contribution >= 0.6 is 0 Å². The predicted octanol–water partition coefficient (Wildman–Crippen LogP) is 3.89. The number of hydrogen-bond donors (Lipinski definition) is 1. The second-order valence-electron chi connectivity index (χ2n) is 7.09. The van der Waals surface area contributed by atoms with Gasteiger partial charge in [0, 0.05) is 36.5 Å². The lowest BCUT2D eigenvalue weighted by Crippen LogP contribution is -2.17. The number of benzene rings is 3. The molecule has 0 bridgehead atoms. The fraction of sp³-hybridized carbons (Fsp3) is 0.130. The minimum atomic E-state index is -0.466. The molecule has 8 heteroatoms. The number of amides is 1. The molecule has 156 valence electrons. The number of rotatable bonds is 6. The Morgan fingerprint density at radius 1 is 1.06 bits per heavy atom. The molecule has 0 radical (unpaired) electrons. The van der Waals surface area contributed by atoms with Gasteiger partial charge in [-0.25, -0.2) is 5.43 Å². The van der Waals surface area contributed by atoms with Crippen molar-refractivity contribution >= 4 is 23.5 Å². The van der Waals surface area contributed by atoms with Gasteiger partial charge in [-0.2, -0.15) is 5.10 Å². The number of fused-ring (bicyclic) bond motifs is 1. The number of ether oxygens (including phenoxy) is 1. The summed E-state index contributed by atoms with van der Waals surface area (Å²) < 4.78 is 5.21. The highest BCUT2D eigenvalue weighted by atomic mass is 16.6. The number of carbonyl (C=O) groups is 1. The summed E-state index contributed by atoms with van der Waals surface area (Å²) in [5.74, 6) is 0.498. The number of carbonyl (C=O) groups excluding carboxylic acids is 1. The minimum absolute atomic E-state index is 0.00279. The van der Waals surface area contributed by atoms with E-state index in [-0.39, 0.29) is 11.6 Å². The highest BCUT2D eigenvalue weighted by Gasteiger charge is 2.20. The van der Waals surface area contributed by atoms with Gasteiger partial charge in [0.1, 0.15) is 5.75 Å². The second kappa shape index (κ2) is 8.66. The Balaban J connectivity index is 1.39. The molecule has 0 saturated carbocycles. The van der Waals surface area contributed by atoms with Crippen LogP contribution in [0, 0.1) is 10.1 Å². The Kier molecular flexibility index (Phi) is 5.61. The molecule has 1 amide bonds. The van der Waals surface area contributed by atoms with Crippen molar-refractivity contribution < 1.29 is 14.5 Å². The van der Waals surface area contributed by atoms with Gasteiger partial charge in [0.15, 0.2) is 0 Å². The molecule has 1 N–H and O–H groups in total. The van der Waals surface area contributed by atoms with Gasteiger partial charge >= 0.3 is 0 Å². The molecular formula is C23H20N4O4. The van der Waals surface area contributed by atoms with E-state index >= 15 is 0 Å². The lowest BCUT2D eigenvalue weighted by Gasteiger charge is -2.17. The molecule has 0 aliphatic carbocycles. The van der Waals surface area contributed by atoms with Crippen LogP contribution in [0.25, 0.3) is 0 Å². The molecule has 0 aromatic heterocycles. The maximum Gasteiger partial charge on any atom is 0.271 e. The zero-order valence-corrected chi connectivity index (χ0v) is 16.8. The third-order valence-electron chi connectivity index (χ3n) is 5.11. The van der Waals surface area contributed by atoms with E-state index in [1.54, 1.807) is 25.3 Å². The summed E-state index contributed by atoms with van der Waals surface area (Å²) in [4.78, 5) is 24.9. The van der Waals surface area contributed by atoms with Gasteiger partial charge in [0.2, 0.25) is 0 Å². The van der Waals surface area contributed by atoms with E-state index in [1.807, 2.05) is 36.4 Å². The van der Waals surface area contributed by atoms with Gasteiger partial charge < -0.3 is 9.64 Å². The molecule has 1 aliphatic rings. The lowest BCUT2D eigenvalue weighted by molar-refractivity contribution is -0.384. The first-order chi connectivity index (χ1) is 15.0. The van der Waals surface area contributed by atoms with Crippen molar-refractivity contribution in [2.24, 2.45) is 5.10 Å². The molecule has 4 rings (SSSR count). The summed E-state index contributed by atoms with van der Waals surface area (Å²) in [7, 11) is 1.64. The van der Waals surface area contributed by atoms with Crippen LogP contribution in [-0.4, -0.2) is 24.2 Å². The van der Waals surface area contributed by atoms with E-state index in [2.05, 4.69) is 15.4 Å². The SMILES string of the molecule is COc1ccc(N2Cc3ccc(C(=O)NN=Cc4ccc([N+](=O)[O-])cc4)cc3C2)cc1. The predicted molar refractivity (Wildman–Crippen MR) is 117 cm³/mol. The van der Waals surface area contributed by atoms with E-state index in [1.165, 1.54) is 23.9 Å². The van der Waals surface area contributed by atoms with Crippen LogP contribution in [0.5, 0.6) is 5.75 Å². The van der Waals surface area contributed by atoms with Crippen molar-refractivity contribution in [2.45, 2.75) is 13.1 Å². The van der Waals surface area contributed by atoms with Crippen LogP contribution in [0.3, 0.4) is 0 Å². The van der Waals surface area contributed by atoms with Crippen LogP contribution in [0.4, 0.5) is 11.4 Å². The molecule has 0 spiro atoms. The topological polar surface area (TPSA) is 97.1 Å². The first-order valence-electron chi connectivity index (χ1n) is 9.62. The number of non-ortho nitro benzene ring substituents is 1. The van der Waals surface area contributed by atoms with E-state index in [9.17, 15) is 14.9 Å². The Bertz CT molecular complexity index is 1140. The quantitative estimate of drug-likeness (QED) is 0.374. The summed E-state index contributed by atoms with van der Waals surface area (Å²) in [5, 5.41) is 14.6. The highest BCUT2D eigenvalue weighted by Crippen LogP contribution is 2.30. The Hall–Kier alpha value is -4.20. The Morgan fingerprint density at radius 2 is 1.77 bits per heavy atom. The Labute approximate surface area is 178 Å². The lowest BCUT2D eigenvalue weighted by atomic mass is 10.1. The number of nitro benzene ring substituents is 1. The standard InChI is InChI=1S/C23H20N4O4/c1-31-22-10-8-20(9-11-22)26-14-18-5-4-17(12-19(18)15-26)23(28)25-24-13-16-2-6-21(7-3-16)27(29)30/h2-13H,14-15H2,1H3,(H,25,28). The van der Waals surface area contributed by atoms with Gasteiger partial charge in [-0.15, -0.1) is 0 Å². The van der Waals surface area contributed by atoms with Gasteiger partial charge in [-0.05, 0) is 65.2 Å². The summed E-state index contributed by atoms with van der Waals surface area (Å²) in [6.07, 6.45) is 1.44. The third kappa shape index (κ3) is 4.53. The fourth-order valence-corrected chi connectivity index (χ4v) is 3.42. The first kappa shape index (κ1) is 20.1. The van der Waals surface area contributed by atoms with Crippen LogP contribution < -0.4 is 15.1 Å². The molecule has 8 nitrogen and oxygen atoms in total. The van der Waals surface area contributed by atoms with E-state index in [0.717, 1.165) is 30.1 Å².